The number of ether oxygens (including phenoxy) is 1. The molecule has 0 aliphatic rings. The number of para-hydroxylation sites is 1. The van der Waals surface area contributed by atoms with Crippen LogP contribution < -0.4 is 0 Å². The maximum atomic E-state index is 11.7. The molecule has 0 aliphatic heterocycles. The van der Waals surface area contributed by atoms with Crippen LogP contribution in [0.5, 0.6) is 0 Å². The Hall–Kier alpha value is -2.17. The van der Waals surface area contributed by atoms with Crippen LogP contribution in [0.2, 0.25) is 0 Å². The van der Waals surface area contributed by atoms with E-state index in [1.165, 1.54) is 4.68 Å². The van der Waals surface area contributed by atoms with Crippen molar-refractivity contribution < 1.29 is 9.53 Å². The predicted molar refractivity (Wildman–Crippen MR) is 62.1 cm³/mol. The SMILES string of the molecule is CCOC(=O)c1nc(C)nn1-c1ccccc1. The van der Waals surface area contributed by atoms with Crippen molar-refractivity contribution in [2.24, 2.45) is 0 Å². The van der Waals surface area contributed by atoms with E-state index in [-0.39, 0.29) is 5.82 Å². The summed E-state index contributed by atoms with van der Waals surface area (Å²) in [5.41, 5.74) is 0.788. The molecular weight excluding hydrogens is 218 g/mol. The third kappa shape index (κ3) is 2.33. The average molecular weight is 231 g/mol. The fourth-order valence-electron chi connectivity index (χ4n) is 1.49. The molecule has 5 heteroatoms. The van der Waals surface area contributed by atoms with E-state index < -0.39 is 5.97 Å². The minimum atomic E-state index is -0.461. The summed E-state index contributed by atoms with van der Waals surface area (Å²) >= 11 is 0. The lowest BCUT2D eigenvalue weighted by Gasteiger charge is -2.04. The molecule has 1 aromatic carbocycles. The fraction of sp³-hybridized carbons (Fsp3) is 0.250. The summed E-state index contributed by atoms with van der Waals surface area (Å²) < 4.78 is 6.43. The highest BCUT2D eigenvalue weighted by atomic mass is 16.5. The van der Waals surface area contributed by atoms with Gasteiger partial charge in [-0.25, -0.2) is 14.5 Å². The Balaban J connectivity index is 2.44. The Labute approximate surface area is 99.1 Å². The quantitative estimate of drug-likeness (QED) is 0.755. The van der Waals surface area contributed by atoms with Gasteiger partial charge in [-0.2, -0.15) is 5.10 Å². The first kappa shape index (κ1) is 11.3. The smallest absolute Gasteiger partial charge is 0.376 e. The summed E-state index contributed by atoms with van der Waals surface area (Å²) in [4.78, 5) is 15.8. The number of benzene rings is 1. The molecule has 17 heavy (non-hydrogen) atoms. The third-order valence-corrected chi connectivity index (χ3v) is 2.17. The molecule has 0 unspecified atom stereocenters. The van der Waals surface area contributed by atoms with E-state index >= 15 is 0 Å². The van der Waals surface area contributed by atoms with Gasteiger partial charge in [-0.05, 0) is 26.0 Å². The van der Waals surface area contributed by atoms with Crippen LogP contribution in [0.3, 0.4) is 0 Å². The molecular formula is C12H13N3O2. The van der Waals surface area contributed by atoms with Crippen molar-refractivity contribution in [3.63, 3.8) is 0 Å². The maximum Gasteiger partial charge on any atom is 0.376 e. The van der Waals surface area contributed by atoms with E-state index in [0.29, 0.717) is 12.4 Å². The lowest BCUT2D eigenvalue weighted by atomic mass is 10.3. The molecule has 0 saturated carbocycles. The number of hydrogen-bond donors (Lipinski definition) is 0. The van der Waals surface area contributed by atoms with Crippen molar-refractivity contribution in [1.29, 1.82) is 0 Å². The van der Waals surface area contributed by atoms with Gasteiger partial charge in [0, 0.05) is 0 Å². The molecule has 0 aliphatic carbocycles. The first-order valence-corrected chi connectivity index (χ1v) is 5.38. The normalized spacial score (nSPS) is 10.2. The van der Waals surface area contributed by atoms with E-state index in [4.69, 9.17) is 4.74 Å². The maximum absolute atomic E-state index is 11.7. The first-order chi connectivity index (χ1) is 8.22. The Bertz CT molecular complexity index is 520. The Morgan fingerprint density at radius 3 is 2.71 bits per heavy atom. The Morgan fingerprint density at radius 1 is 1.35 bits per heavy atom. The van der Waals surface area contributed by atoms with Crippen LogP contribution >= 0.6 is 0 Å². The van der Waals surface area contributed by atoms with Crippen molar-refractivity contribution in [3.8, 4) is 5.69 Å². The molecule has 0 amide bonds. The largest absolute Gasteiger partial charge is 0.460 e. The minimum absolute atomic E-state index is 0.204. The number of hydrogen-bond acceptors (Lipinski definition) is 4. The monoisotopic (exact) mass is 231 g/mol. The fourth-order valence-corrected chi connectivity index (χ4v) is 1.49. The van der Waals surface area contributed by atoms with Crippen molar-refractivity contribution in [1.82, 2.24) is 14.8 Å². The third-order valence-electron chi connectivity index (χ3n) is 2.17. The molecule has 0 N–H and O–H groups in total. The minimum Gasteiger partial charge on any atom is -0.460 e. The van der Waals surface area contributed by atoms with Crippen molar-refractivity contribution in [3.05, 3.63) is 42.0 Å². The predicted octanol–water partition coefficient (Wildman–Crippen LogP) is 1.75. The molecule has 1 aromatic heterocycles. The number of carbonyl (C=O) groups is 1. The van der Waals surface area contributed by atoms with Gasteiger partial charge in [0.1, 0.15) is 5.82 Å². The number of rotatable bonds is 3. The van der Waals surface area contributed by atoms with Crippen LogP contribution in [0.4, 0.5) is 0 Å². The van der Waals surface area contributed by atoms with E-state index in [1.807, 2.05) is 30.3 Å². The number of aromatic nitrogens is 3. The number of esters is 1. The van der Waals surface area contributed by atoms with Gasteiger partial charge in [-0.15, -0.1) is 0 Å². The molecule has 0 atom stereocenters. The zero-order valence-corrected chi connectivity index (χ0v) is 9.75. The lowest BCUT2D eigenvalue weighted by molar-refractivity contribution is 0.0508. The second-order valence-electron chi connectivity index (χ2n) is 3.45. The number of nitrogens with zero attached hydrogens (tertiary/aromatic N) is 3. The van der Waals surface area contributed by atoms with Crippen LogP contribution in [-0.2, 0) is 4.74 Å². The van der Waals surface area contributed by atoms with Gasteiger partial charge >= 0.3 is 5.97 Å². The van der Waals surface area contributed by atoms with Crippen molar-refractivity contribution in [2.75, 3.05) is 6.61 Å². The van der Waals surface area contributed by atoms with Crippen LogP contribution in [0.15, 0.2) is 30.3 Å². The van der Waals surface area contributed by atoms with E-state index in [1.54, 1.807) is 13.8 Å². The van der Waals surface area contributed by atoms with Crippen LogP contribution in [0.1, 0.15) is 23.4 Å². The van der Waals surface area contributed by atoms with Crippen molar-refractivity contribution >= 4 is 5.97 Å². The summed E-state index contributed by atoms with van der Waals surface area (Å²) in [5.74, 6) is 0.282. The van der Waals surface area contributed by atoms with Crippen molar-refractivity contribution in [2.45, 2.75) is 13.8 Å². The highest BCUT2D eigenvalue weighted by Crippen LogP contribution is 2.10. The lowest BCUT2D eigenvalue weighted by Crippen LogP contribution is -2.13. The highest BCUT2D eigenvalue weighted by Gasteiger charge is 2.17. The summed E-state index contributed by atoms with van der Waals surface area (Å²) in [6.07, 6.45) is 0. The van der Waals surface area contributed by atoms with Gasteiger partial charge in [-0.3, -0.25) is 0 Å². The van der Waals surface area contributed by atoms with Crippen LogP contribution in [-0.4, -0.2) is 27.3 Å². The van der Waals surface area contributed by atoms with Gasteiger partial charge in [0.15, 0.2) is 0 Å². The molecule has 2 rings (SSSR count). The molecule has 0 saturated heterocycles. The summed E-state index contributed by atoms with van der Waals surface area (Å²) in [5, 5.41) is 4.19. The zero-order valence-electron chi connectivity index (χ0n) is 9.75. The average Bonchev–Trinajstić information content (AvgIpc) is 2.73. The number of aryl methyl sites for hydroxylation is 1. The molecule has 0 radical (unpaired) electrons. The zero-order chi connectivity index (χ0) is 12.3. The van der Waals surface area contributed by atoms with Gasteiger partial charge in [0.05, 0.1) is 12.3 Å². The van der Waals surface area contributed by atoms with Gasteiger partial charge in [0.25, 0.3) is 0 Å². The molecule has 88 valence electrons. The number of carbonyl (C=O) groups excluding carboxylic acids is 1. The summed E-state index contributed by atoms with van der Waals surface area (Å²) in [6.45, 7) is 3.82. The van der Waals surface area contributed by atoms with E-state index in [2.05, 4.69) is 10.1 Å². The molecule has 2 aromatic rings. The van der Waals surface area contributed by atoms with E-state index in [9.17, 15) is 4.79 Å². The Kier molecular flexibility index (Phi) is 3.18. The van der Waals surface area contributed by atoms with Crippen LogP contribution in [0, 0.1) is 6.92 Å². The summed E-state index contributed by atoms with van der Waals surface area (Å²) in [6, 6.07) is 9.37. The molecule has 0 spiro atoms. The van der Waals surface area contributed by atoms with Crippen LogP contribution in [0.25, 0.3) is 5.69 Å². The Morgan fingerprint density at radius 2 is 2.06 bits per heavy atom. The van der Waals surface area contributed by atoms with Gasteiger partial charge < -0.3 is 4.74 Å². The van der Waals surface area contributed by atoms with Gasteiger partial charge in [-0.1, -0.05) is 18.2 Å². The summed E-state index contributed by atoms with van der Waals surface area (Å²) in [7, 11) is 0. The molecule has 1 heterocycles. The van der Waals surface area contributed by atoms with Gasteiger partial charge in [0.2, 0.25) is 5.82 Å². The topological polar surface area (TPSA) is 57.0 Å². The molecule has 0 fully saturated rings. The molecule has 5 nitrogen and oxygen atoms in total. The highest BCUT2D eigenvalue weighted by molar-refractivity contribution is 5.86. The first-order valence-electron chi connectivity index (χ1n) is 5.38. The second kappa shape index (κ2) is 4.78. The van der Waals surface area contributed by atoms with E-state index in [0.717, 1.165) is 5.69 Å². The standard InChI is InChI=1S/C12H13N3O2/c1-3-17-12(16)11-13-9(2)14-15(11)10-7-5-4-6-8-10/h4-8H,3H2,1-2H3. The second-order valence-corrected chi connectivity index (χ2v) is 3.45. The molecule has 0 bridgehead atoms.